The van der Waals surface area contributed by atoms with Gasteiger partial charge in [-0.1, -0.05) is 17.7 Å². The van der Waals surface area contributed by atoms with E-state index in [-0.39, 0.29) is 41.8 Å². The molecule has 1 fully saturated rings. The first-order valence-electron chi connectivity index (χ1n) is 8.62. The predicted molar refractivity (Wildman–Crippen MR) is 105 cm³/mol. The van der Waals surface area contributed by atoms with E-state index in [1.54, 1.807) is 0 Å². The fraction of sp³-hybridized carbons (Fsp3) is 0.278. The highest BCUT2D eigenvalue weighted by Gasteiger charge is 2.40. The van der Waals surface area contributed by atoms with Crippen LogP contribution >= 0.6 is 11.6 Å². The third kappa shape index (κ3) is 4.95. The lowest BCUT2D eigenvalue weighted by atomic mass is 10.2. The van der Waals surface area contributed by atoms with Gasteiger partial charge in [-0.2, -0.15) is 0 Å². The number of carbonyl (C=O) groups is 1. The lowest BCUT2D eigenvalue weighted by Gasteiger charge is -2.38. The maximum absolute atomic E-state index is 13.2. The summed E-state index contributed by atoms with van der Waals surface area (Å²) in [4.78, 5) is 13.4. The van der Waals surface area contributed by atoms with Crippen molar-refractivity contribution in [3.8, 4) is 0 Å². The van der Waals surface area contributed by atoms with Crippen molar-refractivity contribution in [3.05, 3.63) is 59.4 Å². The van der Waals surface area contributed by atoms with Gasteiger partial charge in [0, 0.05) is 31.1 Å². The lowest BCUT2D eigenvalue weighted by Crippen LogP contribution is -2.57. The molecule has 2 aromatic carbocycles. The van der Waals surface area contributed by atoms with Gasteiger partial charge in [-0.25, -0.2) is 25.9 Å². The van der Waals surface area contributed by atoms with Gasteiger partial charge in [-0.15, -0.1) is 0 Å². The van der Waals surface area contributed by atoms with Gasteiger partial charge in [0.05, 0.1) is 9.79 Å². The molecule has 0 spiro atoms. The van der Waals surface area contributed by atoms with Crippen LogP contribution in [-0.4, -0.2) is 52.5 Å². The molecule has 1 N–H and O–H groups in total. The van der Waals surface area contributed by atoms with Gasteiger partial charge in [-0.3, -0.25) is 4.79 Å². The highest BCUT2D eigenvalue weighted by Crippen LogP contribution is 2.25. The number of benzene rings is 2. The summed E-state index contributed by atoms with van der Waals surface area (Å²) in [6, 6.07) is 10.3. The zero-order valence-corrected chi connectivity index (χ0v) is 17.5. The van der Waals surface area contributed by atoms with Crippen molar-refractivity contribution in [2.75, 3.05) is 19.6 Å². The lowest BCUT2D eigenvalue weighted by molar-refractivity contribution is -0.134. The first kappa shape index (κ1) is 21.7. The molecule has 0 aliphatic carbocycles. The Kier molecular flexibility index (Phi) is 6.27. The van der Waals surface area contributed by atoms with Crippen molar-refractivity contribution >= 4 is 37.4 Å². The van der Waals surface area contributed by atoms with E-state index in [0.717, 1.165) is 12.1 Å². The second-order valence-electron chi connectivity index (χ2n) is 6.52. The second-order valence-corrected chi connectivity index (χ2v) is 11.0. The Morgan fingerprint density at radius 3 is 2.34 bits per heavy atom. The molecule has 1 amide bonds. The molecule has 29 heavy (non-hydrogen) atoms. The van der Waals surface area contributed by atoms with Crippen LogP contribution in [0.2, 0.25) is 5.02 Å². The Morgan fingerprint density at radius 1 is 1.07 bits per heavy atom. The van der Waals surface area contributed by atoms with E-state index in [2.05, 4.69) is 4.72 Å². The largest absolute Gasteiger partial charge is 0.340 e. The molecular weight excluding hydrogens is 443 g/mol. The number of rotatable bonds is 7. The van der Waals surface area contributed by atoms with E-state index in [0.29, 0.717) is 5.02 Å². The van der Waals surface area contributed by atoms with Crippen molar-refractivity contribution in [3.63, 3.8) is 0 Å². The van der Waals surface area contributed by atoms with E-state index >= 15 is 0 Å². The topological polar surface area (TPSA) is 101 Å². The molecule has 156 valence electrons. The molecule has 1 heterocycles. The molecule has 1 aliphatic rings. The number of amides is 1. The minimum Gasteiger partial charge on any atom is -0.340 e. The summed E-state index contributed by atoms with van der Waals surface area (Å²) in [7, 11) is -7.50. The van der Waals surface area contributed by atoms with Gasteiger partial charge in [-0.05, 0) is 42.5 Å². The summed E-state index contributed by atoms with van der Waals surface area (Å²) in [5.41, 5.74) is 0. The molecule has 0 aromatic heterocycles. The highest BCUT2D eigenvalue weighted by atomic mass is 35.5. The molecule has 1 aliphatic heterocycles. The van der Waals surface area contributed by atoms with Crippen LogP contribution in [-0.2, 0) is 24.7 Å². The smallest absolute Gasteiger partial charge is 0.240 e. The fourth-order valence-corrected chi connectivity index (χ4v) is 5.66. The van der Waals surface area contributed by atoms with E-state index < -0.39 is 30.9 Å². The van der Waals surface area contributed by atoms with Gasteiger partial charge in [0.2, 0.25) is 15.9 Å². The van der Waals surface area contributed by atoms with Crippen LogP contribution in [0.1, 0.15) is 6.42 Å². The zero-order chi connectivity index (χ0) is 21.2. The van der Waals surface area contributed by atoms with E-state index in [9.17, 15) is 26.0 Å². The first-order chi connectivity index (χ1) is 13.6. The van der Waals surface area contributed by atoms with Crippen LogP contribution in [0, 0.1) is 5.82 Å². The third-order valence-corrected chi connectivity index (χ3v) is 8.33. The Hall–Kier alpha value is -2.01. The molecule has 0 radical (unpaired) electrons. The van der Waals surface area contributed by atoms with E-state index in [4.69, 9.17) is 11.6 Å². The van der Waals surface area contributed by atoms with Crippen molar-refractivity contribution in [1.82, 2.24) is 9.62 Å². The van der Waals surface area contributed by atoms with Crippen LogP contribution in [0.5, 0.6) is 0 Å². The van der Waals surface area contributed by atoms with Crippen LogP contribution in [0.25, 0.3) is 0 Å². The normalized spacial score (nSPS) is 15.2. The van der Waals surface area contributed by atoms with Gasteiger partial charge < -0.3 is 4.90 Å². The predicted octanol–water partition coefficient (Wildman–Crippen LogP) is 1.83. The highest BCUT2D eigenvalue weighted by molar-refractivity contribution is 7.92. The molecular formula is C18H18ClFN2O5S2. The van der Waals surface area contributed by atoms with Crippen LogP contribution < -0.4 is 4.72 Å². The third-order valence-electron chi connectivity index (χ3n) is 4.52. The number of hydrogen-bond acceptors (Lipinski definition) is 5. The number of nitrogens with zero attached hydrogens (tertiary/aromatic N) is 1. The molecule has 0 atom stereocenters. The molecule has 0 bridgehead atoms. The summed E-state index contributed by atoms with van der Waals surface area (Å²) in [6.45, 7) is -0.0936. The molecule has 11 heteroatoms. The fourth-order valence-electron chi connectivity index (χ4n) is 2.82. The van der Waals surface area contributed by atoms with Crippen molar-refractivity contribution in [2.24, 2.45) is 0 Å². The zero-order valence-electron chi connectivity index (χ0n) is 15.1. The van der Waals surface area contributed by atoms with Crippen LogP contribution in [0.3, 0.4) is 0 Å². The van der Waals surface area contributed by atoms with Crippen molar-refractivity contribution in [1.29, 1.82) is 0 Å². The molecule has 0 unspecified atom stereocenters. The maximum Gasteiger partial charge on any atom is 0.240 e. The number of nitrogens with one attached hydrogen (secondary N) is 1. The number of carbonyl (C=O) groups excluding carboxylic acids is 1. The van der Waals surface area contributed by atoms with Crippen molar-refractivity contribution in [2.45, 2.75) is 21.5 Å². The van der Waals surface area contributed by atoms with Crippen molar-refractivity contribution < 1.29 is 26.0 Å². The summed E-state index contributed by atoms with van der Waals surface area (Å²) >= 11 is 5.77. The minimum atomic E-state index is -3.93. The Morgan fingerprint density at radius 2 is 1.72 bits per heavy atom. The quantitative estimate of drug-likeness (QED) is 0.679. The summed E-state index contributed by atoms with van der Waals surface area (Å²) in [6.07, 6.45) is -0.137. The summed E-state index contributed by atoms with van der Waals surface area (Å²) in [5, 5.41) is -0.285. The average molecular weight is 461 g/mol. The molecule has 7 nitrogen and oxygen atoms in total. The number of halogens is 2. The first-order valence-corrected chi connectivity index (χ1v) is 12.0. The number of likely N-dealkylation sites (tertiary alicyclic amines) is 1. The van der Waals surface area contributed by atoms with Crippen LogP contribution in [0.4, 0.5) is 4.39 Å². The van der Waals surface area contributed by atoms with Gasteiger partial charge in [0.1, 0.15) is 11.1 Å². The van der Waals surface area contributed by atoms with E-state index in [1.165, 1.54) is 41.3 Å². The second kappa shape index (κ2) is 8.39. The minimum absolute atomic E-state index is 0.0421. The Bertz CT molecular complexity index is 1120. The van der Waals surface area contributed by atoms with Gasteiger partial charge in [0.25, 0.3) is 0 Å². The molecule has 1 saturated heterocycles. The summed E-state index contributed by atoms with van der Waals surface area (Å²) in [5.74, 6) is -1.05. The van der Waals surface area contributed by atoms with Crippen LogP contribution in [0.15, 0.2) is 58.3 Å². The molecule has 3 rings (SSSR count). The number of hydrogen-bond donors (Lipinski definition) is 1. The Balaban J connectivity index is 1.50. The standard InChI is InChI=1S/C18H18ClFN2O5S2/c19-13-4-6-15(7-5-13)28(24,25)17-11-22(12-17)18(23)8-9-21-29(26,27)16-3-1-2-14(20)10-16/h1-7,10,17,21H,8-9,11-12H2. The summed E-state index contributed by atoms with van der Waals surface area (Å²) < 4.78 is 64.6. The van der Waals surface area contributed by atoms with Gasteiger partial charge in [0.15, 0.2) is 9.84 Å². The Labute approximate surface area is 173 Å². The SMILES string of the molecule is O=C(CCNS(=O)(=O)c1cccc(F)c1)N1CC(S(=O)(=O)c2ccc(Cl)cc2)C1. The number of sulfone groups is 1. The number of sulfonamides is 1. The maximum atomic E-state index is 13.2. The monoisotopic (exact) mass is 460 g/mol. The van der Waals surface area contributed by atoms with E-state index in [1.807, 2.05) is 0 Å². The molecule has 2 aromatic rings. The van der Waals surface area contributed by atoms with Gasteiger partial charge >= 0.3 is 0 Å². The average Bonchev–Trinajstić information content (AvgIpc) is 2.60. The molecule has 0 saturated carbocycles.